The zero-order valence-electron chi connectivity index (χ0n) is 6.48. The molecule has 64 valence electrons. The topological polar surface area (TPSA) is 26.0 Å². The van der Waals surface area contributed by atoms with E-state index in [1.165, 1.54) is 0 Å². The molecule has 0 saturated carbocycles. The lowest BCUT2D eigenvalue weighted by Gasteiger charge is -2.05. The molecule has 0 spiro atoms. The van der Waals surface area contributed by atoms with Crippen LogP contribution in [0.25, 0.3) is 0 Å². The van der Waals surface area contributed by atoms with Crippen LogP contribution in [0.1, 0.15) is 5.56 Å². The predicted octanol–water partition coefficient (Wildman–Crippen LogP) is 3.30. The lowest BCUT2D eigenvalue weighted by Crippen LogP contribution is -1.93. The molecule has 1 rings (SSSR count). The molecule has 1 aromatic carbocycles. The Hall–Kier alpha value is -0.660. The number of nitrogens with two attached hydrogens (primary N) is 1. The molecule has 0 aliphatic heterocycles. The van der Waals surface area contributed by atoms with Crippen LogP contribution in [0.15, 0.2) is 24.8 Å². The van der Waals surface area contributed by atoms with Crippen molar-refractivity contribution in [2.75, 3.05) is 5.73 Å². The first-order chi connectivity index (χ1) is 5.65. The normalized spacial score (nSPS) is 9.83. The summed E-state index contributed by atoms with van der Waals surface area (Å²) in [6.45, 7) is 3.61. The van der Waals surface area contributed by atoms with E-state index in [0.717, 1.165) is 5.56 Å². The molecule has 0 radical (unpaired) electrons. The largest absolute Gasteiger partial charge is 0.398 e. The van der Waals surface area contributed by atoms with Crippen LogP contribution >= 0.6 is 23.2 Å². The van der Waals surface area contributed by atoms with Crippen LogP contribution in [0.5, 0.6) is 0 Å². The second-order valence-corrected chi connectivity index (χ2v) is 3.29. The van der Waals surface area contributed by atoms with Crippen molar-refractivity contribution in [3.63, 3.8) is 0 Å². The Morgan fingerprint density at radius 1 is 1.42 bits per heavy atom. The summed E-state index contributed by atoms with van der Waals surface area (Å²) >= 11 is 11.6. The van der Waals surface area contributed by atoms with Gasteiger partial charge in [0.2, 0.25) is 0 Å². The van der Waals surface area contributed by atoms with Gasteiger partial charge in [0.1, 0.15) is 0 Å². The number of benzene rings is 1. The van der Waals surface area contributed by atoms with Crippen molar-refractivity contribution >= 4 is 28.9 Å². The fourth-order valence-corrected chi connectivity index (χ4v) is 1.57. The third-order valence-corrected chi connectivity index (χ3v) is 2.10. The molecule has 1 nitrogen and oxygen atoms in total. The van der Waals surface area contributed by atoms with E-state index in [0.29, 0.717) is 22.2 Å². The number of rotatable bonds is 2. The van der Waals surface area contributed by atoms with Gasteiger partial charge in [0.15, 0.2) is 0 Å². The van der Waals surface area contributed by atoms with Gasteiger partial charge in [0, 0.05) is 15.7 Å². The Morgan fingerprint density at radius 3 is 2.58 bits per heavy atom. The first-order valence-electron chi connectivity index (χ1n) is 3.49. The molecule has 0 aliphatic carbocycles. The summed E-state index contributed by atoms with van der Waals surface area (Å²) in [6, 6.07) is 3.37. The maximum Gasteiger partial charge on any atom is 0.0476 e. The van der Waals surface area contributed by atoms with Gasteiger partial charge >= 0.3 is 0 Å². The number of anilines is 1. The minimum absolute atomic E-state index is 0.560. The number of halogens is 2. The van der Waals surface area contributed by atoms with Gasteiger partial charge in [-0.3, -0.25) is 0 Å². The zero-order chi connectivity index (χ0) is 9.14. The maximum absolute atomic E-state index is 5.90. The lowest BCUT2D eigenvalue weighted by atomic mass is 10.1. The van der Waals surface area contributed by atoms with E-state index in [9.17, 15) is 0 Å². The van der Waals surface area contributed by atoms with E-state index in [1.807, 2.05) is 0 Å². The van der Waals surface area contributed by atoms with Crippen LogP contribution in [0, 0.1) is 0 Å². The summed E-state index contributed by atoms with van der Waals surface area (Å²) in [5.74, 6) is 0. The summed E-state index contributed by atoms with van der Waals surface area (Å²) in [6.07, 6.45) is 2.42. The van der Waals surface area contributed by atoms with E-state index in [-0.39, 0.29) is 0 Å². The highest BCUT2D eigenvalue weighted by atomic mass is 35.5. The first-order valence-corrected chi connectivity index (χ1v) is 4.25. The highest BCUT2D eigenvalue weighted by Crippen LogP contribution is 2.27. The Kier molecular flexibility index (Phi) is 3.01. The number of hydrogen-bond acceptors (Lipinski definition) is 1. The zero-order valence-corrected chi connectivity index (χ0v) is 7.99. The van der Waals surface area contributed by atoms with Gasteiger partial charge in [-0.05, 0) is 24.1 Å². The summed E-state index contributed by atoms with van der Waals surface area (Å²) in [5.41, 5.74) is 7.19. The van der Waals surface area contributed by atoms with Crippen LogP contribution < -0.4 is 5.73 Å². The number of nitrogen functional groups attached to an aromatic ring is 1. The highest BCUT2D eigenvalue weighted by Gasteiger charge is 2.04. The molecular formula is C9H9Cl2N. The van der Waals surface area contributed by atoms with Crippen molar-refractivity contribution in [2.45, 2.75) is 6.42 Å². The fraction of sp³-hybridized carbons (Fsp3) is 0.111. The second kappa shape index (κ2) is 3.83. The van der Waals surface area contributed by atoms with Gasteiger partial charge in [-0.25, -0.2) is 0 Å². The van der Waals surface area contributed by atoms with E-state index in [1.54, 1.807) is 18.2 Å². The average molecular weight is 202 g/mol. The van der Waals surface area contributed by atoms with Crippen molar-refractivity contribution in [1.29, 1.82) is 0 Å². The quantitative estimate of drug-likeness (QED) is 0.577. The van der Waals surface area contributed by atoms with Gasteiger partial charge in [-0.1, -0.05) is 29.3 Å². The standard InChI is InChI=1S/C9H9Cl2N/c1-2-3-7-8(11)4-6(10)5-9(7)12/h2,4-5H,1,3,12H2. The molecule has 2 N–H and O–H groups in total. The van der Waals surface area contributed by atoms with Crippen LogP contribution in [0.2, 0.25) is 10.0 Å². The molecule has 0 aliphatic rings. The highest BCUT2D eigenvalue weighted by molar-refractivity contribution is 6.35. The molecule has 12 heavy (non-hydrogen) atoms. The van der Waals surface area contributed by atoms with Gasteiger partial charge in [0.25, 0.3) is 0 Å². The smallest absolute Gasteiger partial charge is 0.0476 e. The summed E-state index contributed by atoms with van der Waals surface area (Å²) < 4.78 is 0. The molecule has 0 aromatic heterocycles. The minimum atomic E-state index is 0.560. The fourth-order valence-electron chi connectivity index (χ4n) is 0.983. The number of hydrogen-bond donors (Lipinski definition) is 1. The van der Waals surface area contributed by atoms with Crippen molar-refractivity contribution in [2.24, 2.45) is 0 Å². The van der Waals surface area contributed by atoms with Crippen molar-refractivity contribution in [1.82, 2.24) is 0 Å². The van der Waals surface area contributed by atoms with Crippen LogP contribution in [0.4, 0.5) is 5.69 Å². The summed E-state index contributed by atoms with van der Waals surface area (Å²) in [4.78, 5) is 0. The summed E-state index contributed by atoms with van der Waals surface area (Å²) in [5, 5.41) is 1.16. The van der Waals surface area contributed by atoms with E-state index in [2.05, 4.69) is 6.58 Å². The van der Waals surface area contributed by atoms with Crippen LogP contribution in [-0.2, 0) is 6.42 Å². The molecule has 0 fully saturated rings. The lowest BCUT2D eigenvalue weighted by molar-refractivity contribution is 1.28. The second-order valence-electron chi connectivity index (χ2n) is 2.45. The molecule has 3 heteroatoms. The minimum Gasteiger partial charge on any atom is -0.398 e. The van der Waals surface area contributed by atoms with Crippen molar-refractivity contribution in [3.8, 4) is 0 Å². The monoisotopic (exact) mass is 201 g/mol. The van der Waals surface area contributed by atoms with E-state index < -0.39 is 0 Å². The van der Waals surface area contributed by atoms with E-state index >= 15 is 0 Å². The molecule has 0 atom stereocenters. The molecule has 0 bridgehead atoms. The average Bonchev–Trinajstić information content (AvgIpc) is 1.96. The molecular weight excluding hydrogens is 193 g/mol. The molecule has 0 heterocycles. The Balaban J connectivity index is 3.18. The first kappa shape index (κ1) is 9.43. The van der Waals surface area contributed by atoms with Crippen LogP contribution in [0.3, 0.4) is 0 Å². The number of allylic oxidation sites excluding steroid dienone is 1. The molecule has 1 aromatic rings. The molecule has 0 unspecified atom stereocenters. The Labute approximate surface area is 81.8 Å². The van der Waals surface area contributed by atoms with Gasteiger partial charge < -0.3 is 5.73 Å². The third kappa shape index (κ3) is 1.93. The summed E-state index contributed by atoms with van der Waals surface area (Å²) in [7, 11) is 0. The molecule has 0 amide bonds. The Morgan fingerprint density at radius 2 is 2.08 bits per heavy atom. The van der Waals surface area contributed by atoms with E-state index in [4.69, 9.17) is 28.9 Å². The predicted molar refractivity (Wildman–Crippen MR) is 54.8 cm³/mol. The maximum atomic E-state index is 5.90. The SMILES string of the molecule is C=CCc1c(N)cc(Cl)cc1Cl. The third-order valence-electron chi connectivity index (χ3n) is 1.54. The van der Waals surface area contributed by atoms with Gasteiger partial charge in [-0.15, -0.1) is 6.58 Å². The van der Waals surface area contributed by atoms with Gasteiger partial charge in [0.05, 0.1) is 0 Å². The van der Waals surface area contributed by atoms with Gasteiger partial charge in [-0.2, -0.15) is 0 Å². The Bertz CT molecular complexity index is 284. The van der Waals surface area contributed by atoms with Crippen LogP contribution in [-0.4, -0.2) is 0 Å². The van der Waals surface area contributed by atoms with Crippen molar-refractivity contribution in [3.05, 3.63) is 40.4 Å². The molecule has 0 saturated heterocycles. The van der Waals surface area contributed by atoms with Crippen molar-refractivity contribution < 1.29 is 0 Å².